The normalized spacial score (nSPS) is 17.0. The number of hydrogen-bond donors (Lipinski definition) is 1. The molecule has 0 saturated carbocycles. The van der Waals surface area contributed by atoms with Gasteiger partial charge in [-0.3, -0.25) is 4.79 Å². The van der Waals surface area contributed by atoms with Crippen LogP contribution in [0.25, 0.3) is 0 Å². The zero-order valence-electron chi connectivity index (χ0n) is 7.22. The first-order chi connectivity index (χ1) is 4.46. The molecule has 2 heteroatoms. The minimum Gasteiger partial charge on any atom is -0.321 e. The molecular formula is C8H17NO. The van der Waals surface area contributed by atoms with Crippen LogP contribution in [0, 0.1) is 11.8 Å². The summed E-state index contributed by atoms with van der Waals surface area (Å²) in [5.74, 6) is 0.859. The molecule has 0 amide bonds. The molecule has 0 spiro atoms. The quantitative estimate of drug-likeness (QED) is 0.645. The lowest BCUT2D eigenvalue weighted by Gasteiger charge is -2.20. The number of ketones is 1. The highest BCUT2D eigenvalue weighted by Gasteiger charge is 2.19. The van der Waals surface area contributed by atoms with E-state index in [1.807, 2.05) is 6.92 Å². The molecule has 0 unspecified atom stereocenters. The lowest BCUT2D eigenvalue weighted by Crippen LogP contribution is -2.37. The van der Waals surface area contributed by atoms with Crippen LogP contribution in [0.4, 0.5) is 0 Å². The van der Waals surface area contributed by atoms with E-state index < -0.39 is 0 Å². The van der Waals surface area contributed by atoms with Gasteiger partial charge in [-0.15, -0.1) is 0 Å². The molecule has 60 valence electrons. The van der Waals surface area contributed by atoms with E-state index in [-0.39, 0.29) is 17.7 Å². The number of hydrogen-bond acceptors (Lipinski definition) is 2. The SMILES string of the molecule is CC(=O)[C@H](N)[C@@H](C)C(C)C. The summed E-state index contributed by atoms with van der Waals surface area (Å²) < 4.78 is 0. The standard InChI is InChI=1S/C8H17NO/c1-5(2)6(3)8(9)7(4)10/h5-6,8H,9H2,1-4H3/t6-,8+/m0/s1. The monoisotopic (exact) mass is 143 g/mol. The van der Waals surface area contributed by atoms with Crippen molar-refractivity contribution in [1.82, 2.24) is 0 Å². The molecule has 0 aliphatic rings. The molecule has 2 atom stereocenters. The van der Waals surface area contributed by atoms with Gasteiger partial charge in [-0.1, -0.05) is 20.8 Å². The number of rotatable bonds is 3. The molecule has 0 aromatic rings. The summed E-state index contributed by atoms with van der Waals surface area (Å²) >= 11 is 0. The highest BCUT2D eigenvalue weighted by atomic mass is 16.1. The Morgan fingerprint density at radius 1 is 1.30 bits per heavy atom. The van der Waals surface area contributed by atoms with Crippen molar-refractivity contribution in [2.45, 2.75) is 33.7 Å². The van der Waals surface area contributed by atoms with Gasteiger partial charge in [0.25, 0.3) is 0 Å². The lowest BCUT2D eigenvalue weighted by molar-refractivity contribution is -0.119. The molecule has 0 aliphatic heterocycles. The van der Waals surface area contributed by atoms with Gasteiger partial charge < -0.3 is 5.73 Å². The van der Waals surface area contributed by atoms with Crippen molar-refractivity contribution in [2.75, 3.05) is 0 Å². The maximum atomic E-state index is 10.8. The van der Waals surface area contributed by atoms with Crippen molar-refractivity contribution in [3.63, 3.8) is 0 Å². The molecule has 0 bridgehead atoms. The largest absolute Gasteiger partial charge is 0.321 e. The summed E-state index contributed by atoms with van der Waals surface area (Å²) in [6.07, 6.45) is 0. The molecule has 0 fully saturated rings. The van der Waals surface area contributed by atoms with Crippen LogP contribution in [-0.2, 0) is 4.79 Å². The zero-order valence-corrected chi connectivity index (χ0v) is 7.22. The molecular weight excluding hydrogens is 126 g/mol. The Morgan fingerprint density at radius 3 is 1.80 bits per heavy atom. The van der Waals surface area contributed by atoms with Crippen molar-refractivity contribution in [3.05, 3.63) is 0 Å². The van der Waals surface area contributed by atoms with Crippen LogP contribution >= 0.6 is 0 Å². The van der Waals surface area contributed by atoms with Gasteiger partial charge in [0.2, 0.25) is 0 Å². The van der Waals surface area contributed by atoms with E-state index in [4.69, 9.17) is 5.73 Å². The van der Waals surface area contributed by atoms with E-state index in [0.717, 1.165) is 0 Å². The molecule has 0 aromatic carbocycles. The van der Waals surface area contributed by atoms with Crippen molar-refractivity contribution in [3.8, 4) is 0 Å². The average Bonchev–Trinajstić information content (AvgIpc) is 1.84. The van der Waals surface area contributed by atoms with Crippen LogP contribution < -0.4 is 5.73 Å². The number of nitrogens with two attached hydrogens (primary N) is 1. The Kier molecular flexibility index (Phi) is 3.58. The van der Waals surface area contributed by atoms with Crippen molar-refractivity contribution in [1.29, 1.82) is 0 Å². The third-order valence-electron chi connectivity index (χ3n) is 2.09. The minimum absolute atomic E-state index is 0.0844. The fourth-order valence-corrected chi connectivity index (χ4v) is 0.785. The highest BCUT2D eigenvalue weighted by molar-refractivity contribution is 5.81. The van der Waals surface area contributed by atoms with Crippen LogP contribution in [0.2, 0.25) is 0 Å². The van der Waals surface area contributed by atoms with Gasteiger partial charge in [-0.2, -0.15) is 0 Å². The van der Waals surface area contributed by atoms with Crippen LogP contribution in [-0.4, -0.2) is 11.8 Å². The Hall–Kier alpha value is -0.370. The second-order valence-corrected chi connectivity index (χ2v) is 3.24. The number of Topliss-reactive ketones (excluding diaryl/α,β-unsaturated/α-hetero) is 1. The summed E-state index contributed by atoms with van der Waals surface area (Å²) in [7, 11) is 0. The van der Waals surface area contributed by atoms with E-state index in [1.54, 1.807) is 6.92 Å². The molecule has 10 heavy (non-hydrogen) atoms. The zero-order chi connectivity index (χ0) is 8.31. The number of carbonyl (C=O) groups excluding carboxylic acids is 1. The average molecular weight is 143 g/mol. The van der Waals surface area contributed by atoms with Crippen molar-refractivity contribution < 1.29 is 4.79 Å². The van der Waals surface area contributed by atoms with Crippen molar-refractivity contribution >= 4 is 5.78 Å². The van der Waals surface area contributed by atoms with Gasteiger partial charge in [0.15, 0.2) is 0 Å². The predicted molar refractivity (Wildman–Crippen MR) is 42.7 cm³/mol. The minimum atomic E-state index is -0.278. The molecule has 2 N–H and O–H groups in total. The van der Waals surface area contributed by atoms with Crippen LogP contribution in [0.5, 0.6) is 0 Å². The second kappa shape index (κ2) is 3.71. The molecule has 2 nitrogen and oxygen atoms in total. The summed E-state index contributed by atoms with van der Waals surface area (Å²) in [6.45, 7) is 7.71. The maximum absolute atomic E-state index is 10.8. The maximum Gasteiger partial charge on any atom is 0.146 e. The third-order valence-corrected chi connectivity index (χ3v) is 2.09. The van der Waals surface area contributed by atoms with E-state index in [0.29, 0.717) is 5.92 Å². The molecule has 0 aliphatic carbocycles. The molecule has 0 radical (unpaired) electrons. The lowest BCUT2D eigenvalue weighted by atomic mass is 9.89. The summed E-state index contributed by atoms with van der Waals surface area (Å²) in [6, 6.07) is -0.278. The van der Waals surface area contributed by atoms with Gasteiger partial charge >= 0.3 is 0 Å². The Labute approximate surface area is 62.8 Å². The molecule has 0 aromatic heterocycles. The molecule has 0 saturated heterocycles. The van der Waals surface area contributed by atoms with Crippen LogP contribution in [0.1, 0.15) is 27.7 Å². The van der Waals surface area contributed by atoms with Gasteiger partial charge in [0.1, 0.15) is 5.78 Å². The Morgan fingerprint density at radius 2 is 1.70 bits per heavy atom. The predicted octanol–water partition coefficient (Wildman–Crippen LogP) is 1.19. The van der Waals surface area contributed by atoms with E-state index in [9.17, 15) is 4.79 Å². The second-order valence-electron chi connectivity index (χ2n) is 3.24. The topological polar surface area (TPSA) is 43.1 Å². The van der Waals surface area contributed by atoms with E-state index in [2.05, 4.69) is 13.8 Å². The van der Waals surface area contributed by atoms with Crippen molar-refractivity contribution in [2.24, 2.45) is 17.6 Å². The fourth-order valence-electron chi connectivity index (χ4n) is 0.785. The summed E-state index contributed by atoms with van der Waals surface area (Å²) in [5.41, 5.74) is 5.61. The van der Waals surface area contributed by atoms with E-state index >= 15 is 0 Å². The van der Waals surface area contributed by atoms with Gasteiger partial charge in [-0.05, 0) is 18.8 Å². The van der Waals surface area contributed by atoms with Crippen LogP contribution in [0.3, 0.4) is 0 Å². The van der Waals surface area contributed by atoms with E-state index in [1.165, 1.54) is 0 Å². The smallest absolute Gasteiger partial charge is 0.146 e. The highest BCUT2D eigenvalue weighted by Crippen LogP contribution is 2.12. The Balaban J connectivity index is 3.94. The van der Waals surface area contributed by atoms with Gasteiger partial charge in [0, 0.05) is 0 Å². The van der Waals surface area contributed by atoms with Gasteiger partial charge in [-0.25, -0.2) is 0 Å². The molecule has 0 rings (SSSR count). The Bertz CT molecular complexity index is 120. The van der Waals surface area contributed by atoms with Crippen LogP contribution in [0.15, 0.2) is 0 Å². The van der Waals surface area contributed by atoms with Gasteiger partial charge in [0.05, 0.1) is 6.04 Å². The fraction of sp³-hybridized carbons (Fsp3) is 0.875. The third kappa shape index (κ3) is 2.48. The summed E-state index contributed by atoms with van der Waals surface area (Å²) in [4.78, 5) is 10.8. The first kappa shape index (κ1) is 9.63. The first-order valence-corrected chi connectivity index (χ1v) is 3.72. The number of carbonyl (C=O) groups is 1. The molecule has 0 heterocycles. The summed E-state index contributed by atoms with van der Waals surface area (Å²) in [5, 5.41) is 0. The first-order valence-electron chi connectivity index (χ1n) is 3.72.